The summed E-state index contributed by atoms with van der Waals surface area (Å²) in [7, 11) is 0. The molecule has 2 aromatic rings. The predicted octanol–water partition coefficient (Wildman–Crippen LogP) is 2.01. The summed E-state index contributed by atoms with van der Waals surface area (Å²) in [5, 5.41) is 12.3. The topological polar surface area (TPSA) is 50.1 Å². The number of aromatic nitrogens is 2. The van der Waals surface area contributed by atoms with Gasteiger partial charge in [-0.05, 0) is 24.6 Å². The molecule has 0 unspecified atom stereocenters. The summed E-state index contributed by atoms with van der Waals surface area (Å²) in [4.78, 5) is 4.12. The highest BCUT2D eigenvalue weighted by Crippen LogP contribution is 2.11. The van der Waals surface area contributed by atoms with Gasteiger partial charge in [-0.25, -0.2) is 4.98 Å². The first-order valence-corrected chi connectivity index (χ1v) is 5.76. The lowest BCUT2D eigenvalue weighted by atomic mass is 10.2. The lowest BCUT2D eigenvalue weighted by molar-refractivity contribution is 0.282. The highest BCUT2D eigenvalue weighted by atomic mass is 16.3. The minimum Gasteiger partial charge on any atom is -0.392 e. The van der Waals surface area contributed by atoms with Crippen molar-refractivity contribution in [1.29, 1.82) is 0 Å². The average molecular weight is 231 g/mol. The third-order valence-corrected chi connectivity index (χ3v) is 2.75. The molecule has 0 saturated carbocycles. The Hall–Kier alpha value is -1.81. The van der Waals surface area contributed by atoms with E-state index in [2.05, 4.69) is 21.8 Å². The lowest BCUT2D eigenvalue weighted by Crippen LogP contribution is -2.05. The summed E-state index contributed by atoms with van der Waals surface area (Å²) >= 11 is 0. The Balaban J connectivity index is 1.97. The number of imidazole rings is 1. The number of aliphatic hydroxyl groups is 1. The Morgan fingerprint density at radius 2 is 2.06 bits per heavy atom. The zero-order valence-electron chi connectivity index (χ0n) is 9.93. The molecular formula is C13H17N3O. The van der Waals surface area contributed by atoms with Gasteiger partial charge in [0.1, 0.15) is 0 Å². The van der Waals surface area contributed by atoms with Gasteiger partial charge in [0.25, 0.3) is 0 Å². The molecule has 0 aliphatic heterocycles. The number of nitrogens with one attached hydrogen (secondary N) is 1. The number of aryl methyl sites for hydroxylation is 1. The maximum Gasteiger partial charge on any atom is 0.0948 e. The van der Waals surface area contributed by atoms with Crippen molar-refractivity contribution in [2.45, 2.75) is 26.6 Å². The van der Waals surface area contributed by atoms with E-state index in [4.69, 9.17) is 5.11 Å². The second kappa shape index (κ2) is 5.50. The Morgan fingerprint density at radius 1 is 1.29 bits per heavy atom. The predicted molar refractivity (Wildman–Crippen MR) is 67.6 cm³/mol. The number of hydrogen-bond acceptors (Lipinski definition) is 3. The zero-order valence-corrected chi connectivity index (χ0v) is 9.93. The fourth-order valence-electron chi connectivity index (χ4n) is 1.70. The normalized spacial score (nSPS) is 10.5. The zero-order chi connectivity index (χ0) is 12.1. The van der Waals surface area contributed by atoms with Crippen LogP contribution in [0.15, 0.2) is 36.8 Å². The monoisotopic (exact) mass is 231 g/mol. The number of nitrogens with zero attached hydrogens (tertiary/aromatic N) is 2. The molecule has 4 nitrogen and oxygen atoms in total. The van der Waals surface area contributed by atoms with Crippen LogP contribution in [-0.2, 0) is 19.7 Å². The smallest absolute Gasteiger partial charge is 0.0948 e. The first-order valence-electron chi connectivity index (χ1n) is 5.76. The molecular weight excluding hydrogens is 214 g/mol. The van der Waals surface area contributed by atoms with Crippen LogP contribution in [0.5, 0.6) is 0 Å². The van der Waals surface area contributed by atoms with Crippen LogP contribution in [0.4, 0.5) is 5.69 Å². The van der Waals surface area contributed by atoms with E-state index in [0.717, 1.165) is 24.3 Å². The Labute approximate surface area is 101 Å². The molecule has 0 radical (unpaired) electrons. The maximum absolute atomic E-state index is 8.94. The Morgan fingerprint density at radius 3 is 2.71 bits per heavy atom. The van der Waals surface area contributed by atoms with Crippen molar-refractivity contribution in [3.05, 3.63) is 48.0 Å². The van der Waals surface area contributed by atoms with E-state index in [1.54, 1.807) is 0 Å². The number of benzene rings is 1. The van der Waals surface area contributed by atoms with Crippen molar-refractivity contribution in [2.75, 3.05) is 5.32 Å². The quantitative estimate of drug-likeness (QED) is 0.827. The minimum atomic E-state index is 0.0862. The third-order valence-electron chi connectivity index (χ3n) is 2.75. The summed E-state index contributed by atoms with van der Waals surface area (Å²) < 4.78 is 2.11. The molecule has 0 saturated heterocycles. The second-order valence-corrected chi connectivity index (χ2v) is 3.88. The third kappa shape index (κ3) is 2.85. The minimum absolute atomic E-state index is 0.0862. The van der Waals surface area contributed by atoms with E-state index >= 15 is 0 Å². The highest BCUT2D eigenvalue weighted by molar-refractivity contribution is 5.44. The molecule has 2 N–H and O–H groups in total. The molecule has 1 heterocycles. The van der Waals surface area contributed by atoms with Gasteiger partial charge in [0.05, 0.1) is 25.2 Å². The number of rotatable bonds is 5. The van der Waals surface area contributed by atoms with Gasteiger partial charge >= 0.3 is 0 Å². The molecule has 0 bridgehead atoms. The molecule has 90 valence electrons. The van der Waals surface area contributed by atoms with Gasteiger partial charge in [-0.2, -0.15) is 0 Å². The van der Waals surface area contributed by atoms with Crippen LogP contribution in [0.2, 0.25) is 0 Å². The molecule has 0 atom stereocenters. The van der Waals surface area contributed by atoms with E-state index in [1.165, 1.54) is 5.69 Å². The summed E-state index contributed by atoms with van der Waals surface area (Å²) in [5.74, 6) is 0. The van der Waals surface area contributed by atoms with Crippen molar-refractivity contribution in [1.82, 2.24) is 9.55 Å². The Bertz CT molecular complexity index is 462. The van der Waals surface area contributed by atoms with Gasteiger partial charge in [-0.15, -0.1) is 0 Å². The molecule has 0 fully saturated rings. The molecule has 1 aromatic heterocycles. The maximum atomic E-state index is 8.94. The van der Waals surface area contributed by atoms with Crippen molar-refractivity contribution >= 4 is 5.69 Å². The standard InChI is InChI=1S/C13H17N3O/c1-2-16-10-14-7-13(16)8-15-12-5-3-11(9-17)4-6-12/h3-7,10,15,17H,2,8-9H2,1H3. The van der Waals surface area contributed by atoms with E-state index in [-0.39, 0.29) is 6.61 Å². The van der Waals surface area contributed by atoms with Crippen LogP contribution in [0.3, 0.4) is 0 Å². The number of hydrogen-bond donors (Lipinski definition) is 2. The van der Waals surface area contributed by atoms with Crippen LogP contribution in [0.1, 0.15) is 18.2 Å². The van der Waals surface area contributed by atoms with Crippen molar-refractivity contribution in [2.24, 2.45) is 0 Å². The van der Waals surface area contributed by atoms with Gasteiger partial charge in [0.2, 0.25) is 0 Å². The van der Waals surface area contributed by atoms with Gasteiger partial charge in [-0.3, -0.25) is 0 Å². The molecule has 2 rings (SSSR count). The van der Waals surface area contributed by atoms with Crippen LogP contribution < -0.4 is 5.32 Å². The fourth-order valence-corrected chi connectivity index (χ4v) is 1.70. The summed E-state index contributed by atoms with van der Waals surface area (Å²) in [6, 6.07) is 7.77. The molecule has 0 aliphatic rings. The molecule has 1 aromatic carbocycles. The van der Waals surface area contributed by atoms with Gasteiger partial charge in [-0.1, -0.05) is 12.1 Å². The summed E-state index contributed by atoms with van der Waals surface area (Å²) in [6.07, 6.45) is 3.71. The molecule has 17 heavy (non-hydrogen) atoms. The summed E-state index contributed by atoms with van der Waals surface area (Å²) in [5.41, 5.74) is 3.14. The van der Waals surface area contributed by atoms with Gasteiger partial charge in [0, 0.05) is 18.4 Å². The first kappa shape index (κ1) is 11.7. The van der Waals surface area contributed by atoms with Crippen molar-refractivity contribution in [3.8, 4) is 0 Å². The van der Waals surface area contributed by atoms with Crippen molar-refractivity contribution in [3.63, 3.8) is 0 Å². The molecule has 0 spiro atoms. The largest absolute Gasteiger partial charge is 0.392 e. The first-order chi connectivity index (χ1) is 8.33. The van der Waals surface area contributed by atoms with E-state index in [1.807, 2.05) is 36.8 Å². The van der Waals surface area contributed by atoms with Gasteiger partial charge < -0.3 is 15.0 Å². The molecule has 0 amide bonds. The van der Waals surface area contributed by atoms with Crippen molar-refractivity contribution < 1.29 is 5.11 Å². The molecule has 0 aliphatic carbocycles. The molecule has 4 heteroatoms. The van der Waals surface area contributed by atoms with E-state index in [9.17, 15) is 0 Å². The Kier molecular flexibility index (Phi) is 3.77. The highest BCUT2D eigenvalue weighted by Gasteiger charge is 2.00. The van der Waals surface area contributed by atoms with Crippen LogP contribution >= 0.6 is 0 Å². The number of anilines is 1. The second-order valence-electron chi connectivity index (χ2n) is 3.88. The van der Waals surface area contributed by atoms with Crippen LogP contribution in [-0.4, -0.2) is 14.7 Å². The number of aliphatic hydroxyl groups excluding tert-OH is 1. The SMILES string of the molecule is CCn1cncc1CNc1ccc(CO)cc1. The average Bonchev–Trinajstić information content (AvgIpc) is 2.84. The van der Waals surface area contributed by atoms with Crippen LogP contribution in [0.25, 0.3) is 0 Å². The van der Waals surface area contributed by atoms with E-state index < -0.39 is 0 Å². The fraction of sp³-hybridized carbons (Fsp3) is 0.308. The summed E-state index contributed by atoms with van der Waals surface area (Å²) in [6.45, 7) is 3.87. The van der Waals surface area contributed by atoms with Crippen LogP contribution in [0, 0.1) is 0 Å². The van der Waals surface area contributed by atoms with Gasteiger partial charge in [0.15, 0.2) is 0 Å². The lowest BCUT2D eigenvalue weighted by Gasteiger charge is -2.08. The van der Waals surface area contributed by atoms with E-state index in [0.29, 0.717) is 0 Å².